The highest BCUT2D eigenvalue weighted by Crippen LogP contribution is 2.22. The molecule has 1 rings (SSSR count). The minimum absolute atomic E-state index is 0.0492. The zero-order valence-corrected chi connectivity index (χ0v) is 9.27. The molecule has 0 aliphatic rings. The van der Waals surface area contributed by atoms with Gasteiger partial charge in [-0.3, -0.25) is 0 Å². The van der Waals surface area contributed by atoms with Crippen molar-refractivity contribution in [2.75, 3.05) is 19.5 Å². The van der Waals surface area contributed by atoms with E-state index in [-0.39, 0.29) is 12.2 Å². The summed E-state index contributed by atoms with van der Waals surface area (Å²) in [5.41, 5.74) is 6.35. The molecule has 0 aromatic heterocycles. The van der Waals surface area contributed by atoms with Crippen LogP contribution in [0.3, 0.4) is 0 Å². The second-order valence-electron chi connectivity index (χ2n) is 3.41. The first kappa shape index (κ1) is 12.3. The van der Waals surface area contributed by atoms with Gasteiger partial charge in [0.25, 0.3) is 0 Å². The smallest absolute Gasteiger partial charge is 0.342 e. The molecule has 1 aromatic carbocycles. The Morgan fingerprint density at radius 3 is 2.81 bits per heavy atom. The van der Waals surface area contributed by atoms with E-state index in [2.05, 4.69) is 0 Å². The van der Waals surface area contributed by atoms with E-state index in [0.29, 0.717) is 11.4 Å². The highest BCUT2D eigenvalue weighted by atomic mass is 16.5. The Hall–Kier alpha value is -1.75. The van der Waals surface area contributed by atoms with Crippen molar-refractivity contribution >= 4 is 11.7 Å². The number of ether oxygens (including phenoxy) is 2. The molecule has 0 saturated carbocycles. The van der Waals surface area contributed by atoms with E-state index < -0.39 is 12.1 Å². The summed E-state index contributed by atoms with van der Waals surface area (Å²) in [6, 6.07) is 4.65. The second-order valence-corrected chi connectivity index (χ2v) is 3.41. The molecule has 5 nitrogen and oxygen atoms in total. The Morgan fingerprint density at radius 1 is 1.56 bits per heavy atom. The van der Waals surface area contributed by atoms with E-state index in [1.807, 2.05) is 0 Å². The van der Waals surface area contributed by atoms with E-state index >= 15 is 0 Å². The molecule has 5 heteroatoms. The third-order valence-corrected chi connectivity index (χ3v) is 1.90. The van der Waals surface area contributed by atoms with E-state index in [1.165, 1.54) is 20.1 Å². The fraction of sp³-hybridized carbons (Fsp3) is 0.364. The molecule has 0 aliphatic carbocycles. The number of carbonyl (C=O) groups excluding carboxylic acids is 1. The van der Waals surface area contributed by atoms with Crippen molar-refractivity contribution in [1.29, 1.82) is 0 Å². The number of anilines is 1. The third-order valence-electron chi connectivity index (χ3n) is 1.90. The lowest BCUT2D eigenvalue weighted by Crippen LogP contribution is -2.16. The van der Waals surface area contributed by atoms with Gasteiger partial charge in [0.15, 0.2) is 0 Å². The Labute approximate surface area is 93.8 Å². The van der Waals surface area contributed by atoms with Crippen LogP contribution in [0, 0.1) is 0 Å². The number of nitrogens with two attached hydrogens (primary N) is 1. The zero-order valence-electron chi connectivity index (χ0n) is 9.27. The number of carbonyl (C=O) groups is 1. The second kappa shape index (κ2) is 5.37. The lowest BCUT2D eigenvalue weighted by molar-refractivity contribution is 0.0293. The Bertz CT molecular complexity index is 376. The molecular formula is C11H15NO4. The highest BCUT2D eigenvalue weighted by molar-refractivity contribution is 5.93. The van der Waals surface area contributed by atoms with Crippen LogP contribution in [0.15, 0.2) is 18.2 Å². The van der Waals surface area contributed by atoms with Gasteiger partial charge in [-0.05, 0) is 19.1 Å². The lowest BCUT2D eigenvalue weighted by Gasteiger charge is -2.10. The highest BCUT2D eigenvalue weighted by Gasteiger charge is 2.14. The van der Waals surface area contributed by atoms with Crippen molar-refractivity contribution < 1.29 is 19.4 Å². The maximum Gasteiger partial charge on any atom is 0.342 e. The largest absolute Gasteiger partial charge is 0.496 e. The Kier molecular flexibility index (Phi) is 4.13. The van der Waals surface area contributed by atoms with Crippen LogP contribution in [0.4, 0.5) is 5.69 Å². The lowest BCUT2D eigenvalue weighted by atomic mass is 10.2. The van der Waals surface area contributed by atoms with Crippen molar-refractivity contribution in [3.05, 3.63) is 23.8 Å². The Morgan fingerprint density at radius 2 is 2.25 bits per heavy atom. The molecule has 88 valence electrons. The summed E-state index contributed by atoms with van der Waals surface area (Å²) in [7, 11) is 1.44. The molecule has 0 heterocycles. The SMILES string of the molecule is COc1cc(N)ccc1C(=O)OCC(C)O. The number of hydrogen-bond acceptors (Lipinski definition) is 5. The Balaban J connectivity index is 2.82. The monoisotopic (exact) mass is 225 g/mol. The normalized spacial score (nSPS) is 11.9. The number of methoxy groups -OCH3 is 1. The van der Waals surface area contributed by atoms with Crippen molar-refractivity contribution in [3.63, 3.8) is 0 Å². The fourth-order valence-corrected chi connectivity index (χ4v) is 1.15. The van der Waals surface area contributed by atoms with Crippen LogP contribution in [-0.4, -0.2) is 30.9 Å². The van der Waals surface area contributed by atoms with Crippen LogP contribution < -0.4 is 10.5 Å². The summed E-state index contributed by atoms with van der Waals surface area (Å²) in [6.07, 6.45) is -0.691. The van der Waals surface area contributed by atoms with Gasteiger partial charge in [-0.1, -0.05) is 0 Å². The van der Waals surface area contributed by atoms with Crippen LogP contribution >= 0.6 is 0 Å². The van der Waals surface area contributed by atoms with Gasteiger partial charge in [0.05, 0.1) is 13.2 Å². The minimum Gasteiger partial charge on any atom is -0.496 e. The van der Waals surface area contributed by atoms with Gasteiger partial charge in [0.1, 0.15) is 17.9 Å². The maximum absolute atomic E-state index is 11.6. The molecular weight excluding hydrogens is 210 g/mol. The molecule has 1 atom stereocenters. The molecule has 0 spiro atoms. The molecule has 1 unspecified atom stereocenters. The average Bonchev–Trinajstić information content (AvgIpc) is 2.25. The number of aliphatic hydroxyl groups is 1. The number of hydrogen-bond donors (Lipinski definition) is 2. The molecule has 16 heavy (non-hydrogen) atoms. The van der Waals surface area contributed by atoms with Crippen molar-refractivity contribution in [3.8, 4) is 5.75 Å². The van der Waals surface area contributed by atoms with Gasteiger partial charge >= 0.3 is 5.97 Å². The van der Waals surface area contributed by atoms with Gasteiger partial charge < -0.3 is 20.3 Å². The number of nitrogen functional groups attached to an aromatic ring is 1. The first-order valence-electron chi connectivity index (χ1n) is 4.83. The minimum atomic E-state index is -0.691. The quantitative estimate of drug-likeness (QED) is 0.585. The summed E-state index contributed by atoms with van der Waals surface area (Å²) < 4.78 is 9.87. The van der Waals surface area contributed by atoms with E-state index in [0.717, 1.165) is 0 Å². The summed E-state index contributed by atoms with van der Waals surface area (Å²) in [4.78, 5) is 11.6. The van der Waals surface area contributed by atoms with Crippen molar-refractivity contribution in [1.82, 2.24) is 0 Å². The predicted molar refractivity (Wildman–Crippen MR) is 59.4 cm³/mol. The number of benzene rings is 1. The van der Waals surface area contributed by atoms with Crippen LogP contribution in [0.1, 0.15) is 17.3 Å². The van der Waals surface area contributed by atoms with Gasteiger partial charge in [-0.2, -0.15) is 0 Å². The molecule has 0 amide bonds. The number of aliphatic hydroxyl groups excluding tert-OH is 1. The molecule has 0 fully saturated rings. The predicted octanol–water partition coefficient (Wildman–Crippen LogP) is 0.815. The van der Waals surface area contributed by atoms with Crippen molar-refractivity contribution in [2.24, 2.45) is 0 Å². The first-order valence-corrected chi connectivity index (χ1v) is 4.83. The van der Waals surface area contributed by atoms with Gasteiger partial charge in [-0.25, -0.2) is 4.79 Å². The van der Waals surface area contributed by atoms with Crippen molar-refractivity contribution in [2.45, 2.75) is 13.0 Å². The fourth-order valence-electron chi connectivity index (χ4n) is 1.15. The number of esters is 1. The summed E-state index contributed by atoms with van der Waals surface area (Å²) in [5.74, 6) is -0.187. The third kappa shape index (κ3) is 3.13. The first-order chi connectivity index (χ1) is 7.54. The zero-order chi connectivity index (χ0) is 12.1. The standard InChI is InChI=1S/C11H15NO4/c1-7(13)6-16-11(14)9-4-3-8(12)5-10(9)15-2/h3-5,7,13H,6,12H2,1-2H3. The maximum atomic E-state index is 11.6. The number of rotatable bonds is 4. The van der Waals surface area contributed by atoms with Gasteiger partial charge in [0, 0.05) is 11.8 Å². The topological polar surface area (TPSA) is 81.8 Å². The van der Waals surface area contributed by atoms with E-state index in [4.69, 9.17) is 20.3 Å². The molecule has 1 aromatic rings. The molecule has 0 bridgehead atoms. The van der Waals surface area contributed by atoms with Crippen LogP contribution in [-0.2, 0) is 4.74 Å². The summed E-state index contributed by atoms with van der Waals surface area (Å²) in [6.45, 7) is 1.49. The molecule has 0 aliphatic heterocycles. The van der Waals surface area contributed by atoms with Gasteiger partial charge in [-0.15, -0.1) is 0 Å². The van der Waals surface area contributed by atoms with Crippen LogP contribution in [0.5, 0.6) is 5.75 Å². The summed E-state index contributed by atoms with van der Waals surface area (Å²) >= 11 is 0. The van der Waals surface area contributed by atoms with E-state index in [1.54, 1.807) is 12.1 Å². The van der Waals surface area contributed by atoms with Crippen LogP contribution in [0.2, 0.25) is 0 Å². The van der Waals surface area contributed by atoms with Gasteiger partial charge in [0.2, 0.25) is 0 Å². The molecule has 0 saturated heterocycles. The van der Waals surface area contributed by atoms with E-state index in [9.17, 15) is 4.79 Å². The summed E-state index contributed by atoms with van der Waals surface area (Å²) in [5, 5.41) is 8.99. The molecule has 0 radical (unpaired) electrons. The average molecular weight is 225 g/mol. The van der Waals surface area contributed by atoms with Crippen LogP contribution in [0.25, 0.3) is 0 Å². The molecule has 3 N–H and O–H groups in total.